The van der Waals surface area contributed by atoms with Crippen LogP contribution in [0.4, 0.5) is 0 Å². The molecular formula is C25H37N7O3. The zero-order valence-corrected chi connectivity index (χ0v) is 20.5. The number of tetrazole rings is 1. The van der Waals surface area contributed by atoms with Gasteiger partial charge in [0.2, 0.25) is 0 Å². The van der Waals surface area contributed by atoms with Crippen molar-refractivity contribution in [3.8, 4) is 5.69 Å². The Hall–Kier alpha value is -2.40. The maximum atomic E-state index is 12.7. The molecule has 5 rings (SSSR count). The van der Waals surface area contributed by atoms with Crippen molar-refractivity contribution in [2.75, 3.05) is 65.7 Å². The zero-order valence-electron chi connectivity index (χ0n) is 20.5. The summed E-state index contributed by atoms with van der Waals surface area (Å²) in [5.41, 5.74) is 1.37. The number of carbonyl (C=O) groups is 1. The summed E-state index contributed by atoms with van der Waals surface area (Å²) in [6, 6.07) is 7.61. The van der Waals surface area contributed by atoms with E-state index in [0.717, 1.165) is 89.9 Å². The van der Waals surface area contributed by atoms with Crippen LogP contribution in [0.25, 0.3) is 5.69 Å². The Morgan fingerprint density at radius 3 is 2.34 bits per heavy atom. The number of nitrogens with zero attached hydrogens (tertiary/aromatic N) is 6. The van der Waals surface area contributed by atoms with Gasteiger partial charge in [-0.1, -0.05) is 19.3 Å². The highest BCUT2D eigenvalue weighted by Gasteiger charge is 2.44. The fraction of sp³-hybridized carbons (Fsp3) is 0.680. The first-order valence-electron chi connectivity index (χ1n) is 13.1. The number of aromatic nitrogens is 4. The molecule has 3 aliphatic rings. The van der Waals surface area contributed by atoms with E-state index in [-0.39, 0.29) is 11.4 Å². The number of amides is 1. The summed E-state index contributed by atoms with van der Waals surface area (Å²) >= 11 is 0. The predicted molar refractivity (Wildman–Crippen MR) is 131 cm³/mol. The number of nitrogens with one attached hydrogen (secondary N) is 1. The predicted octanol–water partition coefficient (Wildman–Crippen LogP) is 1.61. The maximum Gasteiger partial charge on any atom is 0.251 e. The first kappa shape index (κ1) is 24.3. The Balaban J connectivity index is 1.24. The Labute approximate surface area is 206 Å². The average molecular weight is 484 g/mol. The Kier molecular flexibility index (Phi) is 8.02. The van der Waals surface area contributed by atoms with Gasteiger partial charge in [0, 0.05) is 38.3 Å². The number of benzene rings is 1. The summed E-state index contributed by atoms with van der Waals surface area (Å²) in [5, 5.41) is 16.0. The van der Waals surface area contributed by atoms with Crippen LogP contribution in [0.5, 0.6) is 0 Å². The molecule has 1 saturated carbocycles. The second kappa shape index (κ2) is 11.6. The van der Waals surface area contributed by atoms with Gasteiger partial charge in [0.1, 0.15) is 0 Å². The van der Waals surface area contributed by atoms with E-state index in [1.54, 1.807) is 0 Å². The van der Waals surface area contributed by atoms with Crippen LogP contribution in [0.3, 0.4) is 0 Å². The van der Waals surface area contributed by atoms with Gasteiger partial charge in [0.05, 0.1) is 37.7 Å². The van der Waals surface area contributed by atoms with Crippen molar-refractivity contribution in [2.24, 2.45) is 0 Å². The molecule has 190 valence electrons. The first-order valence-corrected chi connectivity index (χ1v) is 13.1. The number of hydrogen-bond acceptors (Lipinski definition) is 8. The van der Waals surface area contributed by atoms with Crippen LogP contribution in [-0.4, -0.2) is 102 Å². The SMILES string of the molecule is O=C(NCCCN1CCOCC1)c1ccc(-n2nnnc2C2(N3CCOCC3)CCCCC2)cc1. The van der Waals surface area contributed by atoms with Crippen molar-refractivity contribution in [3.63, 3.8) is 0 Å². The zero-order chi connectivity index (χ0) is 23.9. The second-order valence-corrected chi connectivity index (χ2v) is 9.72. The lowest BCUT2D eigenvalue weighted by atomic mass is 9.79. The van der Waals surface area contributed by atoms with Gasteiger partial charge in [-0.2, -0.15) is 4.68 Å². The van der Waals surface area contributed by atoms with Crippen LogP contribution in [-0.2, 0) is 15.0 Å². The average Bonchev–Trinajstić information content (AvgIpc) is 3.43. The standard InChI is InChI=1S/C25H37N7O3/c33-23(26-11-4-12-30-13-17-34-18-14-30)21-5-7-22(8-6-21)32-24(27-28-29-32)25(9-2-1-3-10-25)31-15-19-35-20-16-31/h5-8H,1-4,9-20H2,(H,26,33). The molecule has 2 aromatic rings. The molecule has 1 aromatic carbocycles. The van der Waals surface area contributed by atoms with Gasteiger partial charge in [-0.05, 0) is 60.5 Å². The molecule has 10 heteroatoms. The summed E-state index contributed by atoms with van der Waals surface area (Å²) in [7, 11) is 0. The third-order valence-corrected chi connectivity index (χ3v) is 7.60. The highest BCUT2D eigenvalue weighted by atomic mass is 16.5. The molecule has 3 fully saturated rings. The van der Waals surface area contributed by atoms with E-state index in [4.69, 9.17) is 9.47 Å². The van der Waals surface area contributed by atoms with Crippen molar-refractivity contribution in [3.05, 3.63) is 35.7 Å². The molecule has 35 heavy (non-hydrogen) atoms. The van der Waals surface area contributed by atoms with E-state index in [1.165, 1.54) is 19.3 Å². The third-order valence-electron chi connectivity index (χ3n) is 7.60. The van der Waals surface area contributed by atoms with Crippen LogP contribution >= 0.6 is 0 Å². The van der Waals surface area contributed by atoms with Crippen molar-refractivity contribution in [1.29, 1.82) is 0 Å². The molecule has 0 unspecified atom stereocenters. The van der Waals surface area contributed by atoms with Gasteiger partial charge in [-0.3, -0.25) is 14.6 Å². The minimum Gasteiger partial charge on any atom is -0.379 e. The Morgan fingerprint density at radius 1 is 0.943 bits per heavy atom. The largest absolute Gasteiger partial charge is 0.379 e. The molecule has 2 aliphatic heterocycles. The summed E-state index contributed by atoms with van der Waals surface area (Å²) < 4.78 is 12.9. The summed E-state index contributed by atoms with van der Waals surface area (Å²) in [6.45, 7) is 8.49. The number of rotatable bonds is 8. The van der Waals surface area contributed by atoms with Crippen LogP contribution < -0.4 is 5.32 Å². The van der Waals surface area contributed by atoms with E-state index in [1.807, 2.05) is 28.9 Å². The van der Waals surface area contributed by atoms with Crippen LogP contribution in [0.1, 0.15) is 54.7 Å². The molecule has 0 bridgehead atoms. The lowest BCUT2D eigenvalue weighted by Crippen LogP contribution is -2.53. The molecule has 1 aromatic heterocycles. The van der Waals surface area contributed by atoms with Gasteiger partial charge < -0.3 is 14.8 Å². The second-order valence-electron chi connectivity index (χ2n) is 9.72. The summed E-state index contributed by atoms with van der Waals surface area (Å²) in [5.74, 6) is 0.854. The number of ether oxygens (including phenoxy) is 2. The van der Waals surface area contributed by atoms with Gasteiger partial charge in [0.25, 0.3) is 5.91 Å². The number of morpholine rings is 2. The van der Waals surface area contributed by atoms with E-state index < -0.39 is 0 Å². The minimum atomic E-state index is -0.165. The third kappa shape index (κ3) is 5.55. The molecular weight excluding hydrogens is 446 g/mol. The topological polar surface area (TPSA) is 97.6 Å². The molecule has 0 spiro atoms. The summed E-state index contributed by atoms with van der Waals surface area (Å²) in [4.78, 5) is 17.6. The van der Waals surface area contributed by atoms with Crippen molar-refractivity contribution >= 4 is 5.91 Å². The maximum absolute atomic E-state index is 12.7. The Bertz CT molecular complexity index is 946. The van der Waals surface area contributed by atoms with Gasteiger partial charge in [0.15, 0.2) is 5.82 Å². The number of carbonyl (C=O) groups excluding carboxylic acids is 1. The highest BCUT2D eigenvalue weighted by Crippen LogP contribution is 2.42. The van der Waals surface area contributed by atoms with Crippen LogP contribution in [0, 0.1) is 0 Å². The monoisotopic (exact) mass is 483 g/mol. The molecule has 2 saturated heterocycles. The van der Waals surface area contributed by atoms with Gasteiger partial charge in [-0.25, -0.2) is 0 Å². The first-order chi connectivity index (χ1) is 17.3. The molecule has 0 atom stereocenters. The quantitative estimate of drug-likeness (QED) is 0.566. The van der Waals surface area contributed by atoms with E-state index in [9.17, 15) is 4.79 Å². The Morgan fingerprint density at radius 2 is 1.63 bits per heavy atom. The van der Waals surface area contributed by atoms with E-state index in [2.05, 4.69) is 30.6 Å². The van der Waals surface area contributed by atoms with Gasteiger partial charge in [-0.15, -0.1) is 5.10 Å². The van der Waals surface area contributed by atoms with Gasteiger partial charge >= 0.3 is 0 Å². The summed E-state index contributed by atoms with van der Waals surface area (Å²) in [6.07, 6.45) is 6.64. The molecule has 0 radical (unpaired) electrons. The van der Waals surface area contributed by atoms with Crippen molar-refractivity contribution < 1.29 is 14.3 Å². The lowest BCUT2D eigenvalue weighted by Gasteiger charge is -2.46. The smallest absolute Gasteiger partial charge is 0.251 e. The van der Waals surface area contributed by atoms with Crippen LogP contribution in [0.15, 0.2) is 24.3 Å². The molecule has 3 heterocycles. The van der Waals surface area contributed by atoms with Crippen LogP contribution in [0.2, 0.25) is 0 Å². The van der Waals surface area contributed by atoms with Crippen molar-refractivity contribution in [2.45, 2.75) is 44.1 Å². The van der Waals surface area contributed by atoms with E-state index >= 15 is 0 Å². The minimum absolute atomic E-state index is 0.0486. The van der Waals surface area contributed by atoms with Crippen molar-refractivity contribution in [1.82, 2.24) is 35.3 Å². The molecule has 10 nitrogen and oxygen atoms in total. The fourth-order valence-corrected chi connectivity index (χ4v) is 5.65. The fourth-order valence-electron chi connectivity index (χ4n) is 5.65. The molecule has 1 amide bonds. The number of hydrogen-bond donors (Lipinski definition) is 1. The molecule has 1 N–H and O–H groups in total. The molecule has 1 aliphatic carbocycles. The normalized spacial score (nSPS) is 21.6. The lowest BCUT2D eigenvalue weighted by molar-refractivity contribution is -0.0451. The highest BCUT2D eigenvalue weighted by molar-refractivity contribution is 5.94. The van der Waals surface area contributed by atoms with E-state index in [0.29, 0.717) is 12.1 Å².